The Morgan fingerprint density at radius 2 is 1.91 bits per heavy atom. The fourth-order valence-electron chi connectivity index (χ4n) is 1.28. The SMILES string of the molecule is CCN1CCN(C(N)=O)CC1. The number of nitrogens with zero attached hydrogens (tertiary/aromatic N) is 2. The van der Waals surface area contributed by atoms with Gasteiger partial charge in [0, 0.05) is 26.2 Å². The Bertz CT molecular complexity index is 141. The van der Waals surface area contributed by atoms with Crippen LogP contribution >= 0.6 is 0 Å². The van der Waals surface area contributed by atoms with E-state index in [1.165, 1.54) is 0 Å². The second kappa shape index (κ2) is 3.57. The van der Waals surface area contributed by atoms with Gasteiger partial charge in [0.1, 0.15) is 0 Å². The van der Waals surface area contributed by atoms with Crippen LogP contribution in [-0.2, 0) is 0 Å². The van der Waals surface area contributed by atoms with E-state index in [9.17, 15) is 4.79 Å². The molecule has 0 aromatic rings. The first-order valence-electron chi connectivity index (χ1n) is 4.00. The summed E-state index contributed by atoms with van der Waals surface area (Å²) >= 11 is 0. The lowest BCUT2D eigenvalue weighted by atomic mass is 10.3. The van der Waals surface area contributed by atoms with E-state index in [1.807, 2.05) is 0 Å². The van der Waals surface area contributed by atoms with E-state index in [4.69, 9.17) is 5.73 Å². The van der Waals surface area contributed by atoms with Gasteiger partial charge < -0.3 is 15.5 Å². The minimum Gasteiger partial charge on any atom is -0.351 e. The van der Waals surface area contributed by atoms with Gasteiger partial charge in [0.25, 0.3) is 0 Å². The smallest absolute Gasteiger partial charge is 0.314 e. The number of piperazine rings is 1. The zero-order chi connectivity index (χ0) is 8.27. The molecule has 1 fully saturated rings. The highest BCUT2D eigenvalue weighted by molar-refractivity contribution is 5.72. The summed E-state index contributed by atoms with van der Waals surface area (Å²) in [6.07, 6.45) is 0. The summed E-state index contributed by atoms with van der Waals surface area (Å²) in [6, 6.07) is -0.291. The molecule has 2 amide bonds. The molecule has 4 nitrogen and oxygen atoms in total. The average Bonchev–Trinajstić information content (AvgIpc) is 2.05. The first kappa shape index (κ1) is 8.33. The Kier molecular flexibility index (Phi) is 2.70. The standard InChI is InChI=1S/C7H15N3O/c1-2-9-3-5-10(6-4-9)7(8)11/h2-6H2,1H3,(H2,8,11). The van der Waals surface area contributed by atoms with Crippen molar-refractivity contribution in [1.82, 2.24) is 9.80 Å². The van der Waals surface area contributed by atoms with Gasteiger partial charge in [-0.25, -0.2) is 4.79 Å². The van der Waals surface area contributed by atoms with Crippen molar-refractivity contribution >= 4 is 6.03 Å². The molecule has 1 heterocycles. The van der Waals surface area contributed by atoms with Crippen molar-refractivity contribution in [2.45, 2.75) is 6.92 Å². The van der Waals surface area contributed by atoms with Gasteiger partial charge in [-0.1, -0.05) is 6.92 Å². The normalized spacial score (nSPS) is 20.3. The van der Waals surface area contributed by atoms with Crippen molar-refractivity contribution in [3.05, 3.63) is 0 Å². The Labute approximate surface area is 66.9 Å². The predicted molar refractivity (Wildman–Crippen MR) is 43.3 cm³/mol. The molecule has 1 aliphatic heterocycles. The topological polar surface area (TPSA) is 49.6 Å². The maximum atomic E-state index is 10.7. The van der Waals surface area contributed by atoms with Crippen molar-refractivity contribution in [3.8, 4) is 0 Å². The Hall–Kier alpha value is -0.770. The summed E-state index contributed by atoms with van der Waals surface area (Å²) in [5, 5.41) is 0. The zero-order valence-corrected chi connectivity index (χ0v) is 6.92. The molecule has 64 valence electrons. The highest BCUT2D eigenvalue weighted by Crippen LogP contribution is 1.99. The van der Waals surface area contributed by atoms with Crippen molar-refractivity contribution < 1.29 is 4.79 Å². The minimum atomic E-state index is -0.291. The lowest BCUT2D eigenvalue weighted by Crippen LogP contribution is -2.50. The Morgan fingerprint density at radius 3 is 2.27 bits per heavy atom. The van der Waals surface area contributed by atoms with E-state index >= 15 is 0 Å². The molecule has 0 unspecified atom stereocenters. The molecule has 0 spiro atoms. The second-order valence-corrected chi connectivity index (χ2v) is 2.76. The first-order chi connectivity index (χ1) is 5.24. The summed E-state index contributed by atoms with van der Waals surface area (Å²) in [7, 11) is 0. The number of urea groups is 1. The third-order valence-electron chi connectivity index (χ3n) is 2.13. The van der Waals surface area contributed by atoms with Crippen molar-refractivity contribution in [2.75, 3.05) is 32.7 Å². The van der Waals surface area contributed by atoms with E-state index in [0.717, 1.165) is 32.7 Å². The molecule has 0 aliphatic carbocycles. The number of amides is 2. The fraction of sp³-hybridized carbons (Fsp3) is 0.857. The van der Waals surface area contributed by atoms with Crippen LogP contribution in [0, 0.1) is 0 Å². The number of rotatable bonds is 1. The third kappa shape index (κ3) is 2.08. The van der Waals surface area contributed by atoms with Crippen LogP contribution in [0.3, 0.4) is 0 Å². The quantitative estimate of drug-likeness (QED) is 0.568. The molecule has 1 saturated heterocycles. The molecule has 0 aromatic carbocycles. The molecule has 11 heavy (non-hydrogen) atoms. The largest absolute Gasteiger partial charge is 0.351 e. The van der Waals surface area contributed by atoms with E-state index < -0.39 is 0 Å². The van der Waals surface area contributed by atoms with Gasteiger partial charge in [0.2, 0.25) is 0 Å². The lowest BCUT2D eigenvalue weighted by Gasteiger charge is -2.32. The summed E-state index contributed by atoms with van der Waals surface area (Å²) in [6.45, 7) is 6.66. The number of nitrogens with two attached hydrogens (primary N) is 1. The van der Waals surface area contributed by atoms with Crippen LogP contribution in [0.5, 0.6) is 0 Å². The second-order valence-electron chi connectivity index (χ2n) is 2.76. The number of likely N-dealkylation sites (N-methyl/N-ethyl adjacent to an activating group) is 1. The molecular formula is C7H15N3O. The van der Waals surface area contributed by atoms with Crippen LogP contribution < -0.4 is 5.73 Å². The molecule has 2 N–H and O–H groups in total. The number of hydrogen-bond acceptors (Lipinski definition) is 2. The van der Waals surface area contributed by atoms with Gasteiger partial charge in [0.15, 0.2) is 0 Å². The van der Waals surface area contributed by atoms with E-state index in [2.05, 4.69) is 11.8 Å². The summed E-state index contributed by atoms with van der Waals surface area (Å²) < 4.78 is 0. The molecule has 0 radical (unpaired) electrons. The Balaban J connectivity index is 2.30. The van der Waals surface area contributed by atoms with Gasteiger partial charge in [-0.2, -0.15) is 0 Å². The molecule has 0 atom stereocenters. The van der Waals surface area contributed by atoms with Gasteiger partial charge in [-0.05, 0) is 6.54 Å². The molecule has 1 aliphatic rings. The van der Waals surface area contributed by atoms with Gasteiger partial charge in [-0.15, -0.1) is 0 Å². The highest BCUT2D eigenvalue weighted by atomic mass is 16.2. The third-order valence-corrected chi connectivity index (χ3v) is 2.13. The van der Waals surface area contributed by atoms with Crippen LogP contribution in [0.1, 0.15) is 6.92 Å². The molecule has 4 heteroatoms. The van der Waals surface area contributed by atoms with Crippen LogP contribution in [0.4, 0.5) is 4.79 Å². The number of carbonyl (C=O) groups excluding carboxylic acids is 1. The molecule has 0 bridgehead atoms. The molecule has 0 aromatic heterocycles. The van der Waals surface area contributed by atoms with E-state index in [1.54, 1.807) is 4.90 Å². The van der Waals surface area contributed by atoms with E-state index in [0.29, 0.717) is 0 Å². The molecule has 0 saturated carbocycles. The van der Waals surface area contributed by atoms with E-state index in [-0.39, 0.29) is 6.03 Å². The Morgan fingerprint density at radius 1 is 1.36 bits per heavy atom. The highest BCUT2D eigenvalue weighted by Gasteiger charge is 2.17. The monoisotopic (exact) mass is 157 g/mol. The van der Waals surface area contributed by atoms with Gasteiger partial charge >= 0.3 is 6.03 Å². The van der Waals surface area contributed by atoms with Gasteiger partial charge in [-0.3, -0.25) is 0 Å². The summed E-state index contributed by atoms with van der Waals surface area (Å²) in [5.74, 6) is 0. The number of primary amides is 1. The average molecular weight is 157 g/mol. The first-order valence-corrected chi connectivity index (χ1v) is 4.00. The van der Waals surface area contributed by atoms with Crippen molar-refractivity contribution in [3.63, 3.8) is 0 Å². The van der Waals surface area contributed by atoms with Crippen molar-refractivity contribution in [2.24, 2.45) is 5.73 Å². The van der Waals surface area contributed by atoms with Crippen molar-refractivity contribution in [1.29, 1.82) is 0 Å². The molecular weight excluding hydrogens is 142 g/mol. The van der Waals surface area contributed by atoms with Crippen LogP contribution in [0.15, 0.2) is 0 Å². The summed E-state index contributed by atoms with van der Waals surface area (Å²) in [5.41, 5.74) is 5.12. The lowest BCUT2D eigenvalue weighted by molar-refractivity contribution is 0.149. The number of hydrogen-bond donors (Lipinski definition) is 1. The van der Waals surface area contributed by atoms with Crippen LogP contribution in [0.2, 0.25) is 0 Å². The maximum absolute atomic E-state index is 10.7. The summed E-state index contributed by atoms with van der Waals surface area (Å²) in [4.78, 5) is 14.7. The number of carbonyl (C=O) groups is 1. The maximum Gasteiger partial charge on any atom is 0.314 e. The fourth-order valence-corrected chi connectivity index (χ4v) is 1.28. The molecule has 1 rings (SSSR count). The minimum absolute atomic E-state index is 0.291. The van der Waals surface area contributed by atoms with Gasteiger partial charge in [0.05, 0.1) is 0 Å². The van der Waals surface area contributed by atoms with Crippen LogP contribution in [0.25, 0.3) is 0 Å². The van der Waals surface area contributed by atoms with Crippen LogP contribution in [-0.4, -0.2) is 48.6 Å². The predicted octanol–water partition coefficient (Wildman–Crippen LogP) is -0.297. The zero-order valence-electron chi connectivity index (χ0n) is 6.92.